The molecule has 0 aliphatic carbocycles. The lowest BCUT2D eigenvalue weighted by Crippen LogP contribution is -2.42. The van der Waals surface area contributed by atoms with E-state index in [4.69, 9.17) is 14.2 Å². The van der Waals surface area contributed by atoms with Crippen LogP contribution in [0.3, 0.4) is 0 Å². The molecule has 21 heavy (non-hydrogen) atoms. The number of hydrogen-bond acceptors (Lipinski definition) is 4. The molecule has 2 aliphatic rings. The number of hydrogen-bond donors (Lipinski definition) is 0. The maximum Gasteiger partial charge on any atom is 0.256 e. The van der Waals surface area contributed by atoms with Crippen molar-refractivity contribution in [3.8, 4) is 11.5 Å². The minimum absolute atomic E-state index is 0.0590. The van der Waals surface area contributed by atoms with Crippen LogP contribution in [0.4, 0.5) is 5.69 Å². The Morgan fingerprint density at radius 1 is 1.29 bits per heavy atom. The molecule has 2 aliphatic heterocycles. The molecule has 1 aromatic carbocycles. The molecule has 0 spiro atoms. The van der Waals surface area contributed by atoms with Gasteiger partial charge in [0.1, 0.15) is 17.6 Å². The van der Waals surface area contributed by atoms with Gasteiger partial charge in [0.05, 0.1) is 19.9 Å². The van der Waals surface area contributed by atoms with Crippen LogP contribution in [0, 0.1) is 0 Å². The lowest BCUT2D eigenvalue weighted by molar-refractivity contribution is -0.127. The van der Waals surface area contributed by atoms with E-state index in [1.807, 2.05) is 17.0 Å². The Balaban J connectivity index is 1.97. The third-order valence-electron chi connectivity index (χ3n) is 4.19. The van der Waals surface area contributed by atoms with E-state index in [0.717, 1.165) is 49.2 Å². The van der Waals surface area contributed by atoms with E-state index in [1.165, 1.54) is 0 Å². The van der Waals surface area contributed by atoms with Gasteiger partial charge < -0.3 is 19.1 Å². The maximum atomic E-state index is 12.7. The van der Waals surface area contributed by atoms with Crippen molar-refractivity contribution < 1.29 is 19.0 Å². The van der Waals surface area contributed by atoms with Gasteiger partial charge in [0.15, 0.2) is 0 Å². The molecule has 0 radical (unpaired) electrons. The Labute approximate surface area is 124 Å². The van der Waals surface area contributed by atoms with Crippen molar-refractivity contribution in [3.05, 3.63) is 17.7 Å². The SMILES string of the molecule is COc1cc(OC)c2c(c1)N(C(=O)C1CCCO1)CCC2. The number of fused-ring (bicyclic) bond motifs is 1. The molecule has 1 amide bonds. The Morgan fingerprint density at radius 3 is 2.81 bits per heavy atom. The molecule has 1 saturated heterocycles. The summed E-state index contributed by atoms with van der Waals surface area (Å²) in [4.78, 5) is 14.5. The first-order valence-electron chi connectivity index (χ1n) is 7.42. The monoisotopic (exact) mass is 291 g/mol. The van der Waals surface area contributed by atoms with Crippen LogP contribution in [-0.2, 0) is 16.0 Å². The highest BCUT2D eigenvalue weighted by Crippen LogP contribution is 2.39. The van der Waals surface area contributed by atoms with Gasteiger partial charge in [-0.3, -0.25) is 4.79 Å². The van der Waals surface area contributed by atoms with Crippen LogP contribution >= 0.6 is 0 Å². The molecule has 114 valence electrons. The Morgan fingerprint density at radius 2 is 2.14 bits per heavy atom. The number of anilines is 1. The summed E-state index contributed by atoms with van der Waals surface area (Å²) in [7, 11) is 3.27. The van der Waals surface area contributed by atoms with Crippen LogP contribution in [-0.4, -0.2) is 39.4 Å². The fourth-order valence-corrected chi connectivity index (χ4v) is 3.11. The fourth-order valence-electron chi connectivity index (χ4n) is 3.11. The highest BCUT2D eigenvalue weighted by molar-refractivity contribution is 5.98. The smallest absolute Gasteiger partial charge is 0.256 e. The second kappa shape index (κ2) is 5.93. The van der Waals surface area contributed by atoms with Gasteiger partial charge in [-0.25, -0.2) is 0 Å². The van der Waals surface area contributed by atoms with Gasteiger partial charge in [-0.1, -0.05) is 0 Å². The molecular weight excluding hydrogens is 270 g/mol. The van der Waals surface area contributed by atoms with Crippen LogP contribution < -0.4 is 14.4 Å². The van der Waals surface area contributed by atoms with Gasteiger partial charge in [-0.05, 0) is 25.7 Å². The Bertz CT molecular complexity index is 537. The molecule has 5 nitrogen and oxygen atoms in total. The summed E-state index contributed by atoms with van der Waals surface area (Å²) in [5.41, 5.74) is 1.98. The number of ether oxygens (including phenoxy) is 3. The van der Waals surface area contributed by atoms with E-state index < -0.39 is 0 Å². The van der Waals surface area contributed by atoms with E-state index in [-0.39, 0.29) is 12.0 Å². The molecule has 0 bridgehead atoms. The maximum absolute atomic E-state index is 12.7. The zero-order chi connectivity index (χ0) is 14.8. The number of nitrogens with zero attached hydrogens (tertiary/aromatic N) is 1. The first kappa shape index (κ1) is 14.2. The summed E-state index contributed by atoms with van der Waals surface area (Å²) in [5.74, 6) is 1.55. The molecule has 0 saturated carbocycles. The van der Waals surface area contributed by atoms with Crippen molar-refractivity contribution in [2.24, 2.45) is 0 Å². The first-order chi connectivity index (χ1) is 10.2. The topological polar surface area (TPSA) is 48.0 Å². The van der Waals surface area contributed by atoms with Gasteiger partial charge in [0.25, 0.3) is 5.91 Å². The fraction of sp³-hybridized carbons (Fsp3) is 0.562. The van der Waals surface area contributed by atoms with Crippen LogP contribution in [0.1, 0.15) is 24.8 Å². The minimum Gasteiger partial charge on any atom is -0.497 e. The normalized spacial score (nSPS) is 21.0. The Kier molecular flexibility index (Phi) is 4.01. The highest BCUT2D eigenvalue weighted by Gasteiger charge is 2.32. The van der Waals surface area contributed by atoms with Gasteiger partial charge in [0, 0.05) is 30.8 Å². The van der Waals surface area contributed by atoms with Crippen molar-refractivity contribution >= 4 is 11.6 Å². The minimum atomic E-state index is -0.298. The summed E-state index contributed by atoms with van der Waals surface area (Å²) in [6.45, 7) is 1.40. The predicted molar refractivity (Wildman–Crippen MR) is 79.2 cm³/mol. The molecule has 2 heterocycles. The lowest BCUT2D eigenvalue weighted by atomic mass is 9.99. The molecular formula is C16H21NO4. The zero-order valence-electron chi connectivity index (χ0n) is 12.6. The van der Waals surface area contributed by atoms with Crippen molar-refractivity contribution in [1.82, 2.24) is 0 Å². The van der Waals surface area contributed by atoms with Crippen LogP contribution in [0.25, 0.3) is 0 Å². The van der Waals surface area contributed by atoms with Crippen molar-refractivity contribution in [2.45, 2.75) is 31.8 Å². The first-order valence-corrected chi connectivity index (χ1v) is 7.42. The second-order valence-electron chi connectivity index (χ2n) is 5.42. The van der Waals surface area contributed by atoms with Crippen molar-refractivity contribution in [3.63, 3.8) is 0 Å². The number of benzene rings is 1. The quantitative estimate of drug-likeness (QED) is 0.856. The Hall–Kier alpha value is -1.75. The van der Waals surface area contributed by atoms with Crippen LogP contribution in [0.5, 0.6) is 11.5 Å². The largest absolute Gasteiger partial charge is 0.497 e. The van der Waals surface area contributed by atoms with Crippen molar-refractivity contribution in [1.29, 1.82) is 0 Å². The van der Waals surface area contributed by atoms with Gasteiger partial charge >= 0.3 is 0 Å². The van der Waals surface area contributed by atoms with Crippen molar-refractivity contribution in [2.75, 3.05) is 32.3 Å². The van der Waals surface area contributed by atoms with E-state index >= 15 is 0 Å². The zero-order valence-corrected chi connectivity index (χ0v) is 12.6. The molecule has 5 heteroatoms. The highest BCUT2D eigenvalue weighted by atomic mass is 16.5. The molecule has 3 rings (SSSR count). The average Bonchev–Trinajstić information content (AvgIpc) is 3.06. The summed E-state index contributed by atoms with van der Waals surface area (Å²) < 4.78 is 16.3. The number of amides is 1. The molecule has 1 unspecified atom stereocenters. The van der Waals surface area contributed by atoms with E-state index in [1.54, 1.807) is 14.2 Å². The summed E-state index contributed by atoms with van der Waals surface area (Å²) in [5, 5.41) is 0. The van der Waals surface area contributed by atoms with Gasteiger partial charge in [-0.2, -0.15) is 0 Å². The molecule has 1 aromatic rings. The molecule has 1 atom stereocenters. The summed E-state index contributed by atoms with van der Waals surface area (Å²) >= 11 is 0. The third-order valence-corrected chi connectivity index (χ3v) is 4.19. The summed E-state index contributed by atoms with van der Waals surface area (Å²) in [6, 6.07) is 3.79. The number of carbonyl (C=O) groups excluding carboxylic acids is 1. The molecule has 0 N–H and O–H groups in total. The third kappa shape index (κ3) is 2.58. The van der Waals surface area contributed by atoms with E-state index in [2.05, 4.69) is 0 Å². The molecule has 0 aromatic heterocycles. The second-order valence-corrected chi connectivity index (χ2v) is 5.42. The van der Waals surface area contributed by atoms with E-state index in [0.29, 0.717) is 12.4 Å². The van der Waals surface area contributed by atoms with Crippen LogP contribution in [0.2, 0.25) is 0 Å². The predicted octanol–water partition coefficient (Wildman–Crippen LogP) is 2.16. The van der Waals surface area contributed by atoms with Crippen LogP contribution in [0.15, 0.2) is 12.1 Å². The number of rotatable bonds is 3. The number of methoxy groups -OCH3 is 2. The average molecular weight is 291 g/mol. The number of carbonyl (C=O) groups is 1. The standard InChI is InChI=1S/C16H21NO4/c1-19-11-9-13-12(15(10-11)20-2)5-3-7-17(13)16(18)14-6-4-8-21-14/h9-10,14H,3-8H2,1-2H3. The van der Waals surface area contributed by atoms with Gasteiger partial charge in [0.2, 0.25) is 0 Å². The summed E-state index contributed by atoms with van der Waals surface area (Å²) in [6.07, 6.45) is 3.32. The molecule has 1 fully saturated rings. The van der Waals surface area contributed by atoms with E-state index in [9.17, 15) is 4.79 Å². The lowest BCUT2D eigenvalue weighted by Gasteiger charge is -2.32. The van der Waals surface area contributed by atoms with Gasteiger partial charge in [-0.15, -0.1) is 0 Å².